The van der Waals surface area contributed by atoms with E-state index >= 15 is 0 Å². The first-order chi connectivity index (χ1) is 9.04. The molecule has 2 amide bonds. The molecule has 108 valence electrons. The second-order valence-corrected chi connectivity index (χ2v) is 5.74. The third-order valence-corrected chi connectivity index (χ3v) is 4.07. The number of hydrogen-bond acceptors (Lipinski definition) is 4. The molecule has 0 aliphatic carbocycles. The van der Waals surface area contributed by atoms with Crippen LogP contribution in [0.15, 0.2) is 0 Å². The standard InChI is InChI=1S/C13H24N4O2/c1-15-4-6-17(7-5-15)13(19)10-16-3-2-11(9-16)8-12(14)18/h11H,2-10H2,1H3,(H2,14,18). The molecule has 2 fully saturated rings. The van der Waals surface area contributed by atoms with Crippen LogP contribution in [0, 0.1) is 5.92 Å². The fourth-order valence-electron chi connectivity index (χ4n) is 2.85. The van der Waals surface area contributed by atoms with E-state index in [1.54, 1.807) is 0 Å². The van der Waals surface area contributed by atoms with E-state index in [1.165, 1.54) is 0 Å². The third kappa shape index (κ3) is 4.18. The topological polar surface area (TPSA) is 69.9 Å². The number of nitrogens with two attached hydrogens (primary N) is 1. The Kier molecular flexibility index (Phi) is 4.76. The Hall–Kier alpha value is -1.14. The van der Waals surface area contributed by atoms with Gasteiger partial charge in [0.1, 0.15) is 0 Å². The lowest BCUT2D eigenvalue weighted by molar-refractivity contribution is -0.133. The normalized spacial score (nSPS) is 25.7. The lowest BCUT2D eigenvalue weighted by Crippen LogP contribution is -2.49. The first kappa shape index (κ1) is 14.3. The lowest BCUT2D eigenvalue weighted by Gasteiger charge is -2.33. The maximum atomic E-state index is 12.2. The minimum absolute atomic E-state index is 0.216. The van der Waals surface area contributed by atoms with Crippen molar-refractivity contribution in [3.05, 3.63) is 0 Å². The van der Waals surface area contributed by atoms with Crippen LogP contribution in [0.25, 0.3) is 0 Å². The molecule has 2 N–H and O–H groups in total. The van der Waals surface area contributed by atoms with Crippen molar-refractivity contribution in [3.63, 3.8) is 0 Å². The number of hydrogen-bond donors (Lipinski definition) is 1. The molecule has 0 saturated carbocycles. The smallest absolute Gasteiger partial charge is 0.236 e. The van der Waals surface area contributed by atoms with Gasteiger partial charge in [-0.1, -0.05) is 0 Å². The summed E-state index contributed by atoms with van der Waals surface area (Å²) in [6.07, 6.45) is 1.41. The van der Waals surface area contributed by atoms with Gasteiger partial charge in [0.05, 0.1) is 6.54 Å². The van der Waals surface area contributed by atoms with Crippen LogP contribution in [-0.4, -0.2) is 79.4 Å². The maximum Gasteiger partial charge on any atom is 0.236 e. The Morgan fingerprint density at radius 2 is 1.84 bits per heavy atom. The fraction of sp³-hybridized carbons (Fsp3) is 0.846. The number of likely N-dealkylation sites (tertiary alicyclic amines) is 1. The van der Waals surface area contributed by atoms with Gasteiger partial charge in [-0.25, -0.2) is 0 Å². The number of primary amides is 1. The van der Waals surface area contributed by atoms with Crippen LogP contribution in [0.1, 0.15) is 12.8 Å². The predicted molar refractivity (Wildman–Crippen MR) is 72.4 cm³/mol. The molecular weight excluding hydrogens is 244 g/mol. The van der Waals surface area contributed by atoms with Crippen molar-refractivity contribution in [2.24, 2.45) is 11.7 Å². The number of carbonyl (C=O) groups is 2. The van der Waals surface area contributed by atoms with E-state index in [1.807, 2.05) is 4.90 Å². The highest BCUT2D eigenvalue weighted by Gasteiger charge is 2.27. The van der Waals surface area contributed by atoms with Gasteiger partial charge in [-0.3, -0.25) is 14.5 Å². The van der Waals surface area contributed by atoms with Crippen molar-refractivity contribution in [2.45, 2.75) is 12.8 Å². The summed E-state index contributed by atoms with van der Waals surface area (Å²) in [5, 5.41) is 0. The Labute approximate surface area is 114 Å². The fourth-order valence-corrected chi connectivity index (χ4v) is 2.85. The Bertz CT molecular complexity index is 340. The van der Waals surface area contributed by atoms with Crippen molar-refractivity contribution in [1.82, 2.24) is 14.7 Å². The molecule has 1 atom stereocenters. The molecule has 1 unspecified atom stereocenters. The Morgan fingerprint density at radius 3 is 2.47 bits per heavy atom. The number of nitrogens with zero attached hydrogens (tertiary/aromatic N) is 3. The number of piperazine rings is 1. The van der Waals surface area contributed by atoms with Crippen molar-refractivity contribution in [2.75, 3.05) is 52.9 Å². The number of carbonyl (C=O) groups excluding carboxylic acids is 2. The molecule has 2 heterocycles. The monoisotopic (exact) mass is 268 g/mol. The summed E-state index contributed by atoms with van der Waals surface area (Å²) in [5.74, 6) is 0.308. The van der Waals surface area contributed by atoms with Crippen LogP contribution in [-0.2, 0) is 9.59 Å². The van der Waals surface area contributed by atoms with Crippen molar-refractivity contribution >= 4 is 11.8 Å². The molecule has 0 aromatic rings. The summed E-state index contributed by atoms with van der Waals surface area (Å²) >= 11 is 0. The van der Waals surface area contributed by atoms with E-state index in [2.05, 4.69) is 16.8 Å². The first-order valence-corrected chi connectivity index (χ1v) is 7.01. The van der Waals surface area contributed by atoms with E-state index < -0.39 is 0 Å². The zero-order valence-electron chi connectivity index (χ0n) is 11.7. The van der Waals surface area contributed by atoms with Gasteiger partial charge in [-0.05, 0) is 25.9 Å². The largest absolute Gasteiger partial charge is 0.370 e. The summed E-state index contributed by atoms with van der Waals surface area (Å²) in [6, 6.07) is 0. The number of rotatable bonds is 4. The van der Waals surface area contributed by atoms with Gasteiger partial charge in [0.2, 0.25) is 11.8 Å². The van der Waals surface area contributed by atoms with Crippen LogP contribution in [0.4, 0.5) is 0 Å². The highest BCUT2D eigenvalue weighted by atomic mass is 16.2. The van der Waals surface area contributed by atoms with E-state index in [4.69, 9.17) is 5.73 Å². The Balaban J connectivity index is 1.73. The average molecular weight is 268 g/mol. The zero-order valence-corrected chi connectivity index (χ0v) is 11.7. The SMILES string of the molecule is CN1CCN(C(=O)CN2CCC(CC(N)=O)C2)CC1. The molecule has 0 bridgehead atoms. The third-order valence-electron chi connectivity index (χ3n) is 4.07. The van der Waals surface area contributed by atoms with Crippen molar-refractivity contribution in [3.8, 4) is 0 Å². The maximum absolute atomic E-state index is 12.2. The van der Waals surface area contributed by atoms with Crippen molar-refractivity contribution in [1.29, 1.82) is 0 Å². The van der Waals surface area contributed by atoms with Gasteiger partial charge in [-0.2, -0.15) is 0 Å². The van der Waals surface area contributed by atoms with Crippen LogP contribution in [0.2, 0.25) is 0 Å². The van der Waals surface area contributed by atoms with Crippen LogP contribution < -0.4 is 5.73 Å². The van der Waals surface area contributed by atoms with Crippen LogP contribution >= 0.6 is 0 Å². The van der Waals surface area contributed by atoms with Gasteiger partial charge >= 0.3 is 0 Å². The zero-order chi connectivity index (χ0) is 13.8. The number of amides is 2. The van der Waals surface area contributed by atoms with Crippen LogP contribution in [0.5, 0.6) is 0 Å². The second kappa shape index (κ2) is 6.34. The number of likely N-dealkylation sites (N-methyl/N-ethyl adjacent to an activating group) is 1. The average Bonchev–Trinajstić information content (AvgIpc) is 2.76. The van der Waals surface area contributed by atoms with E-state index in [0.717, 1.165) is 45.7 Å². The summed E-state index contributed by atoms with van der Waals surface area (Å²) in [4.78, 5) is 29.4. The minimum atomic E-state index is -0.239. The van der Waals surface area contributed by atoms with Gasteiger partial charge in [0.15, 0.2) is 0 Å². The molecule has 6 heteroatoms. The molecule has 2 aliphatic rings. The quantitative estimate of drug-likeness (QED) is 0.707. The Morgan fingerprint density at radius 1 is 1.16 bits per heavy atom. The molecule has 0 aromatic heterocycles. The van der Waals surface area contributed by atoms with Crippen molar-refractivity contribution < 1.29 is 9.59 Å². The van der Waals surface area contributed by atoms with E-state index in [0.29, 0.717) is 18.9 Å². The molecular formula is C13H24N4O2. The second-order valence-electron chi connectivity index (χ2n) is 5.74. The molecule has 0 aromatic carbocycles. The van der Waals surface area contributed by atoms with Gasteiger partial charge in [0, 0.05) is 39.1 Å². The van der Waals surface area contributed by atoms with Crippen LogP contribution in [0.3, 0.4) is 0 Å². The lowest BCUT2D eigenvalue weighted by atomic mass is 10.1. The first-order valence-electron chi connectivity index (χ1n) is 7.01. The predicted octanol–water partition coefficient (Wildman–Crippen LogP) is -1.04. The molecule has 6 nitrogen and oxygen atoms in total. The summed E-state index contributed by atoms with van der Waals surface area (Å²) in [7, 11) is 2.08. The molecule has 2 aliphatic heterocycles. The molecule has 0 radical (unpaired) electrons. The van der Waals surface area contributed by atoms with Gasteiger partial charge in [0.25, 0.3) is 0 Å². The molecule has 0 spiro atoms. The molecule has 19 heavy (non-hydrogen) atoms. The highest BCUT2D eigenvalue weighted by molar-refractivity contribution is 5.78. The van der Waals surface area contributed by atoms with E-state index in [-0.39, 0.29) is 11.8 Å². The van der Waals surface area contributed by atoms with E-state index in [9.17, 15) is 9.59 Å². The summed E-state index contributed by atoms with van der Waals surface area (Å²) < 4.78 is 0. The summed E-state index contributed by atoms with van der Waals surface area (Å²) in [5.41, 5.74) is 5.21. The highest BCUT2D eigenvalue weighted by Crippen LogP contribution is 2.19. The molecule has 2 saturated heterocycles. The minimum Gasteiger partial charge on any atom is -0.370 e. The van der Waals surface area contributed by atoms with Gasteiger partial charge < -0.3 is 15.5 Å². The van der Waals surface area contributed by atoms with Gasteiger partial charge in [-0.15, -0.1) is 0 Å². The molecule has 2 rings (SSSR count). The summed E-state index contributed by atoms with van der Waals surface area (Å²) in [6.45, 7) is 5.77.